The number of rotatable bonds is 8. The lowest BCUT2D eigenvalue weighted by atomic mass is 10.2. The van der Waals surface area contributed by atoms with E-state index in [1.807, 2.05) is 6.92 Å². The van der Waals surface area contributed by atoms with E-state index in [1.165, 1.54) is 0 Å². The van der Waals surface area contributed by atoms with Gasteiger partial charge in [-0.1, -0.05) is 20.3 Å². The first-order valence-corrected chi connectivity index (χ1v) is 5.27. The summed E-state index contributed by atoms with van der Waals surface area (Å²) < 4.78 is 5.29. The van der Waals surface area contributed by atoms with Crippen molar-refractivity contribution >= 4 is 18.3 Å². The zero-order chi connectivity index (χ0) is 10.8. The molecule has 15 heavy (non-hydrogen) atoms. The summed E-state index contributed by atoms with van der Waals surface area (Å²) in [4.78, 5) is 11.2. The molecule has 0 aliphatic carbocycles. The highest BCUT2D eigenvalue weighted by Crippen LogP contribution is 1.90. The van der Waals surface area contributed by atoms with E-state index < -0.39 is 0 Å². The van der Waals surface area contributed by atoms with Gasteiger partial charge in [0.25, 0.3) is 0 Å². The van der Waals surface area contributed by atoms with Crippen LogP contribution in [0.2, 0.25) is 0 Å². The van der Waals surface area contributed by atoms with E-state index in [9.17, 15) is 4.79 Å². The lowest BCUT2D eigenvalue weighted by Crippen LogP contribution is -2.35. The van der Waals surface area contributed by atoms with Gasteiger partial charge >= 0.3 is 0 Å². The van der Waals surface area contributed by atoms with Gasteiger partial charge in [0, 0.05) is 25.6 Å². The van der Waals surface area contributed by atoms with Crippen LogP contribution in [0.15, 0.2) is 0 Å². The fourth-order valence-corrected chi connectivity index (χ4v) is 0.876. The number of ether oxygens (including phenoxy) is 1. The highest BCUT2D eigenvalue weighted by Gasteiger charge is 2.08. The summed E-state index contributed by atoms with van der Waals surface area (Å²) in [5, 5.41) is 2.77. The molecule has 0 aromatic rings. The summed E-state index contributed by atoms with van der Waals surface area (Å²) in [5.74, 6) is -0.0998. The van der Waals surface area contributed by atoms with Crippen LogP contribution in [0.5, 0.6) is 0 Å². The molecule has 1 unspecified atom stereocenters. The van der Waals surface area contributed by atoms with Crippen molar-refractivity contribution in [1.82, 2.24) is 5.32 Å². The van der Waals surface area contributed by atoms with Gasteiger partial charge in [0.1, 0.15) is 0 Å². The third kappa shape index (κ3) is 9.97. The van der Waals surface area contributed by atoms with Crippen LogP contribution in [-0.4, -0.2) is 32.2 Å². The van der Waals surface area contributed by atoms with Crippen LogP contribution in [0, 0.1) is 5.92 Å². The molecule has 0 aliphatic heterocycles. The van der Waals surface area contributed by atoms with E-state index in [0.717, 1.165) is 19.4 Å². The molecule has 5 heteroatoms. The lowest BCUT2D eigenvalue weighted by molar-refractivity contribution is -0.124. The maximum atomic E-state index is 11.2. The van der Waals surface area contributed by atoms with E-state index in [4.69, 9.17) is 10.5 Å². The van der Waals surface area contributed by atoms with Crippen LogP contribution < -0.4 is 11.1 Å². The Morgan fingerprint density at radius 1 is 1.47 bits per heavy atom. The van der Waals surface area contributed by atoms with Gasteiger partial charge in [0.05, 0.1) is 6.61 Å². The molecular weight excluding hydrogens is 216 g/mol. The van der Waals surface area contributed by atoms with Gasteiger partial charge in [-0.25, -0.2) is 0 Å². The molecule has 0 heterocycles. The van der Waals surface area contributed by atoms with Crippen molar-refractivity contribution in [2.45, 2.75) is 26.7 Å². The van der Waals surface area contributed by atoms with Crippen LogP contribution >= 0.6 is 12.4 Å². The topological polar surface area (TPSA) is 64.3 Å². The Labute approximate surface area is 98.3 Å². The Balaban J connectivity index is 0. The van der Waals surface area contributed by atoms with Crippen LogP contribution in [-0.2, 0) is 9.53 Å². The highest BCUT2D eigenvalue weighted by atomic mass is 35.5. The average molecular weight is 239 g/mol. The second kappa shape index (κ2) is 11.8. The number of amides is 1. The molecule has 92 valence electrons. The Kier molecular flexibility index (Phi) is 13.4. The molecule has 1 amide bonds. The maximum absolute atomic E-state index is 11.2. The third-order valence-corrected chi connectivity index (χ3v) is 1.99. The normalized spacial score (nSPS) is 11.7. The summed E-state index contributed by atoms with van der Waals surface area (Å²) >= 11 is 0. The first-order chi connectivity index (χ1) is 6.72. The predicted octanol–water partition coefficient (Wildman–Crippen LogP) is 0.936. The average Bonchev–Trinajstić information content (AvgIpc) is 2.21. The van der Waals surface area contributed by atoms with Gasteiger partial charge in [0.15, 0.2) is 0 Å². The summed E-state index contributed by atoms with van der Waals surface area (Å²) in [6.07, 6.45) is 2.21. The van der Waals surface area contributed by atoms with Crippen molar-refractivity contribution < 1.29 is 9.53 Å². The van der Waals surface area contributed by atoms with Crippen LogP contribution in [0.25, 0.3) is 0 Å². The van der Waals surface area contributed by atoms with Crippen LogP contribution in [0.3, 0.4) is 0 Å². The molecular formula is C10H23ClN2O2. The second-order valence-electron chi connectivity index (χ2n) is 3.39. The molecule has 0 fully saturated rings. The molecule has 0 aliphatic rings. The molecule has 0 saturated carbocycles. The van der Waals surface area contributed by atoms with Crippen LogP contribution in [0.1, 0.15) is 26.7 Å². The number of nitrogens with two attached hydrogens (primary N) is 1. The minimum absolute atomic E-state index is 0. The fraction of sp³-hybridized carbons (Fsp3) is 0.900. The Morgan fingerprint density at radius 3 is 2.67 bits per heavy atom. The van der Waals surface area contributed by atoms with E-state index in [-0.39, 0.29) is 24.2 Å². The van der Waals surface area contributed by atoms with E-state index in [2.05, 4.69) is 12.2 Å². The number of halogens is 1. The lowest BCUT2D eigenvalue weighted by Gasteiger charge is -2.09. The maximum Gasteiger partial charge on any atom is 0.224 e. The van der Waals surface area contributed by atoms with Crippen molar-refractivity contribution in [1.29, 1.82) is 0 Å². The van der Waals surface area contributed by atoms with Gasteiger partial charge in [-0.05, 0) is 6.42 Å². The van der Waals surface area contributed by atoms with Crippen molar-refractivity contribution in [2.24, 2.45) is 11.7 Å². The second-order valence-corrected chi connectivity index (χ2v) is 3.39. The van der Waals surface area contributed by atoms with E-state index in [1.54, 1.807) is 0 Å². The molecule has 3 N–H and O–H groups in total. The van der Waals surface area contributed by atoms with Gasteiger partial charge in [-0.2, -0.15) is 0 Å². The summed E-state index contributed by atoms with van der Waals surface area (Å²) in [6.45, 7) is 6.26. The molecule has 0 spiro atoms. The largest absolute Gasteiger partial charge is 0.380 e. The molecule has 4 nitrogen and oxygen atoms in total. The van der Waals surface area contributed by atoms with Crippen molar-refractivity contribution in [3.8, 4) is 0 Å². The number of hydrogen-bond acceptors (Lipinski definition) is 3. The summed E-state index contributed by atoms with van der Waals surface area (Å²) in [5.41, 5.74) is 5.35. The molecule has 1 atom stereocenters. The molecule has 0 radical (unpaired) electrons. The van der Waals surface area contributed by atoms with Gasteiger partial charge in [-0.3, -0.25) is 4.79 Å². The van der Waals surface area contributed by atoms with Crippen molar-refractivity contribution in [3.63, 3.8) is 0 Å². The number of carbonyl (C=O) groups is 1. The Bertz CT molecular complexity index is 156. The highest BCUT2D eigenvalue weighted by molar-refractivity contribution is 5.85. The molecule has 0 rings (SSSR count). The van der Waals surface area contributed by atoms with Gasteiger partial charge < -0.3 is 15.8 Å². The smallest absolute Gasteiger partial charge is 0.224 e. The molecule has 0 aromatic carbocycles. The minimum atomic E-state index is -0.106. The quantitative estimate of drug-likeness (QED) is 0.619. The number of hydrogen-bond donors (Lipinski definition) is 2. The zero-order valence-electron chi connectivity index (χ0n) is 9.62. The standard InChI is InChI=1S/C10H22N2O2.ClH/c1-3-4-6-14-7-5-12-10(13)9(2)8-11;/h9H,3-8,11H2,1-2H3,(H,12,13);1H. The number of carbonyl (C=O) groups excluding carboxylic acids is 1. The minimum Gasteiger partial charge on any atom is -0.380 e. The van der Waals surface area contributed by atoms with Gasteiger partial charge in [0.2, 0.25) is 5.91 Å². The summed E-state index contributed by atoms with van der Waals surface area (Å²) in [6, 6.07) is 0. The Hall–Kier alpha value is -0.320. The first-order valence-electron chi connectivity index (χ1n) is 5.27. The predicted molar refractivity (Wildman–Crippen MR) is 64.2 cm³/mol. The van der Waals surface area contributed by atoms with E-state index >= 15 is 0 Å². The van der Waals surface area contributed by atoms with E-state index in [0.29, 0.717) is 19.7 Å². The Morgan fingerprint density at radius 2 is 2.13 bits per heavy atom. The SMILES string of the molecule is CCCCOCCNC(=O)C(C)CN.Cl. The van der Waals surface area contributed by atoms with Crippen LogP contribution in [0.4, 0.5) is 0 Å². The summed E-state index contributed by atoms with van der Waals surface area (Å²) in [7, 11) is 0. The molecule has 0 aromatic heterocycles. The van der Waals surface area contributed by atoms with Crippen molar-refractivity contribution in [2.75, 3.05) is 26.3 Å². The molecule has 0 saturated heterocycles. The fourth-order valence-electron chi connectivity index (χ4n) is 0.876. The zero-order valence-corrected chi connectivity index (χ0v) is 10.4. The molecule has 0 bridgehead atoms. The van der Waals surface area contributed by atoms with Gasteiger partial charge in [-0.15, -0.1) is 12.4 Å². The first kappa shape index (κ1) is 17.1. The third-order valence-electron chi connectivity index (χ3n) is 1.99. The number of unbranched alkanes of at least 4 members (excludes halogenated alkanes) is 1. The number of nitrogens with one attached hydrogen (secondary N) is 1. The van der Waals surface area contributed by atoms with Crippen molar-refractivity contribution in [3.05, 3.63) is 0 Å². The monoisotopic (exact) mass is 238 g/mol.